The lowest BCUT2D eigenvalue weighted by atomic mass is 10.1. The monoisotopic (exact) mass is 433 g/mol. The highest BCUT2D eigenvalue weighted by atomic mass is 32.2. The molecule has 0 unspecified atom stereocenters. The number of hydrogen-bond acceptors (Lipinski definition) is 7. The highest BCUT2D eigenvalue weighted by Crippen LogP contribution is 2.33. The Morgan fingerprint density at radius 2 is 1.79 bits per heavy atom. The number of aliphatic imine (C=N–C) groups is 1. The quantitative estimate of drug-likeness (QED) is 0.192. The molecule has 0 aliphatic heterocycles. The van der Waals surface area contributed by atoms with Gasteiger partial charge in [-0.25, -0.2) is 4.99 Å². The molecular formula is C22H15N3OS3. The van der Waals surface area contributed by atoms with Crippen molar-refractivity contribution in [2.45, 2.75) is 9.24 Å². The molecule has 0 spiro atoms. The molecule has 4 aromatic rings. The van der Waals surface area contributed by atoms with Crippen LogP contribution in [0.5, 0.6) is 0 Å². The second-order valence-electron chi connectivity index (χ2n) is 5.86. The van der Waals surface area contributed by atoms with E-state index in [-0.39, 0.29) is 5.78 Å². The van der Waals surface area contributed by atoms with E-state index in [9.17, 15) is 4.79 Å². The first-order valence-electron chi connectivity index (χ1n) is 8.73. The van der Waals surface area contributed by atoms with Gasteiger partial charge in [0, 0.05) is 21.6 Å². The molecule has 4 nitrogen and oxygen atoms in total. The van der Waals surface area contributed by atoms with E-state index in [1.165, 1.54) is 11.3 Å². The molecule has 2 heterocycles. The minimum Gasteiger partial charge on any atom is -0.289 e. The topological polar surface area (TPSA) is 55.2 Å². The lowest BCUT2D eigenvalue weighted by molar-refractivity contribution is 0.104. The van der Waals surface area contributed by atoms with Gasteiger partial charge in [-0.15, -0.1) is 21.5 Å². The van der Waals surface area contributed by atoms with Crippen LogP contribution in [0.25, 0.3) is 6.08 Å². The van der Waals surface area contributed by atoms with Crippen LogP contribution in [0.2, 0.25) is 0 Å². The van der Waals surface area contributed by atoms with Gasteiger partial charge >= 0.3 is 0 Å². The van der Waals surface area contributed by atoms with Gasteiger partial charge in [0.15, 0.2) is 10.1 Å². The van der Waals surface area contributed by atoms with Crippen LogP contribution in [0.4, 0.5) is 5.13 Å². The first-order chi connectivity index (χ1) is 14.3. The third-order valence-corrected chi connectivity index (χ3v) is 6.51. The number of carbonyl (C=O) groups excluding carboxylic acids is 1. The zero-order valence-corrected chi connectivity index (χ0v) is 17.6. The van der Waals surface area contributed by atoms with Gasteiger partial charge in [-0.05, 0) is 35.2 Å². The minimum atomic E-state index is -0.00598. The molecule has 0 aliphatic carbocycles. The van der Waals surface area contributed by atoms with Gasteiger partial charge < -0.3 is 0 Å². The van der Waals surface area contributed by atoms with Gasteiger partial charge in [-0.1, -0.05) is 77.7 Å². The fourth-order valence-electron chi connectivity index (χ4n) is 2.40. The van der Waals surface area contributed by atoms with Crippen LogP contribution in [0.3, 0.4) is 0 Å². The van der Waals surface area contributed by atoms with Gasteiger partial charge in [-0.2, -0.15) is 0 Å². The molecule has 0 saturated carbocycles. The van der Waals surface area contributed by atoms with Gasteiger partial charge in [-0.3, -0.25) is 4.79 Å². The molecule has 29 heavy (non-hydrogen) atoms. The predicted octanol–water partition coefficient (Wildman–Crippen LogP) is 6.40. The normalized spacial score (nSPS) is 11.4. The van der Waals surface area contributed by atoms with E-state index >= 15 is 0 Å². The molecule has 0 aliphatic rings. The summed E-state index contributed by atoms with van der Waals surface area (Å²) in [5, 5.41) is 11.0. The van der Waals surface area contributed by atoms with Gasteiger partial charge in [0.2, 0.25) is 5.13 Å². The van der Waals surface area contributed by atoms with Crippen molar-refractivity contribution in [1.82, 2.24) is 10.2 Å². The maximum atomic E-state index is 12.1. The Kier molecular flexibility index (Phi) is 6.41. The minimum absolute atomic E-state index is 0.00598. The Bertz CT molecular complexity index is 1130. The van der Waals surface area contributed by atoms with Crippen LogP contribution in [0.15, 0.2) is 92.4 Å². The van der Waals surface area contributed by atoms with E-state index < -0.39 is 0 Å². The first kappa shape index (κ1) is 19.4. The van der Waals surface area contributed by atoms with E-state index in [2.05, 4.69) is 15.2 Å². The van der Waals surface area contributed by atoms with Crippen LogP contribution in [-0.4, -0.2) is 22.2 Å². The molecule has 2 aromatic carbocycles. The average molecular weight is 434 g/mol. The molecule has 0 atom stereocenters. The van der Waals surface area contributed by atoms with Gasteiger partial charge in [0.1, 0.15) is 0 Å². The third-order valence-electron chi connectivity index (χ3n) is 3.81. The summed E-state index contributed by atoms with van der Waals surface area (Å²) in [5.74, 6) is -0.00598. The van der Waals surface area contributed by atoms with Crippen molar-refractivity contribution in [2.75, 3.05) is 0 Å². The smallest absolute Gasteiger partial charge is 0.232 e. The van der Waals surface area contributed by atoms with Gasteiger partial charge in [0.25, 0.3) is 0 Å². The maximum Gasteiger partial charge on any atom is 0.232 e. The van der Waals surface area contributed by atoms with Crippen molar-refractivity contribution < 1.29 is 4.79 Å². The zero-order chi connectivity index (χ0) is 19.9. The molecule has 0 amide bonds. The number of nitrogens with zero attached hydrogens (tertiary/aromatic N) is 3. The number of carbonyl (C=O) groups is 1. The van der Waals surface area contributed by atoms with Crippen molar-refractivity contribution in [3.05, 3.63) is 94.2 Å². The summed E-state index contributed by atoms with van der Waals surface area (Å²) in [6, 6.07) is 21.2. The molecule has 0 fully saturated rings. The van der Waals surface area contributed by atoms with E-state index in [1.807, 2.05) is 78.2 Å². The van der Waals surface area contributed by atoms with E-state index in [0.29, 0.717) is 10.7 Å². The number of allylic oxidation sites excluding steroid dienone is 1. The molecule has 0 bridgehead atoms. The van der Waals surface area contributed by atoms with E-state index in [1.54, 1.807) is 35.4 Å². The fourth-order valence-corrected chi connectivity index (χ4v) is 4.64. The van der Waals surface area contributed by atoms with Crippen molar-refractivity contribution in [3.63, 3.8) is 0 Å². The highest BCUT2D eigenvalue weighted by Gasteiger charge is 2.05. The molecule has 0 N–H and O–H groups in total. The second kappa shape index (κ2) is 9.56. The van der Waals surface area contributed by atoms with Crippen LogP contribution in [0.1, 0.15) is 20.8 Å². The molecule has 0 saturated heterocycles. The van der Waals surface area contributed by atoms with Crippen molar-refractivity contribution in [1.29, 1.82) is 0 Å². The van der Waals surface area contributed by atoms with Crippen molar-refractivity contribution >= 4 is 57.6 Å². The van der Waals surface area contributed by atoms with Crippen LogP contribution in [-0.2, 0) is 0 Å². The number of benzene rings is 2. The van der Waals surface area contributed by atoms with E-state index in [0.717, 1.165) is 19.7 Å². The number of rotatable bonds is 7. The Balaban J connectivity index is 1.36. The summed E-state index contributed by atoms with van der Waals surface area (Å²) in [4.78, 5) is 18.7. The standard InChI is InChI=1S/C22H15N3OS3/c26-20(17-5-2-1-3-6-17)13-10-16-8-11-18(12-9-16)28-22-25-24-21(29-22)23-15-19-7-4-14-27-19/h1-15H. The highest BCUT2D eigenvalue weighted by molar-refractivity contribution is 8.01. The lowest BCUT2D eigenvalue weighted by Gasteiger charge is -1.98. The second-order valence-corrected chi connectivity index (χ2v) is 9.11. The number of aromatic nitrogens is 2. The summed E-state index contributed by atoms with van der Waals surface area (Å²) >= 11 is 4.63. The fraction of sp³-hybridized carbons (Fsp3) is 0. The molecule has 0 radical (unpaired) electrons. The third kappa shape index (κ3) is 5.57. The van der Waals surface area contributed by atoms with Crippen LogP contribution in [0, 0.1) is 0 Å². The van der Waals surface area contributed by atoms with Crippen LogP contribution < -0.4 is 0 Å². The number of hydrogen-bond donors (Lipinski definition) is 0. The SMILES string of the molecule is O=C(C=Cc1ccc(Sc2nnc(N=Cc3cccs3)s2)cc1)c1ccccc1. The molecule has 7 heteroatoms. The number of ketones is 1. The average Bonchev–Trinajstić information content (AvgIpc) is 3.44. The molecule has 4 rings (SSSR count). The zero-order valence-electron chi connectivity index (χ0n) is 15.1. The summed E-state index contributed by atoms with van der Waals surface area (Å²) in [6.07, 6.45) is 5.23. The first-order valence-corrected chi connectivity index (χ1v) is 11.2. The van der Waals surface area contributed by atoms with Crippen molar-refractivity contribution in [3.8, 4) is 0 Å². The largest absolute Gasteiger partial charge is 0.289 e. The molecule has 142 valence electrons. The predicted molar refractivity (Wildman–Crippen MR) is 122 cm³/mol. The molecule has 2 aromatic heterocycles. The summed E-state index contributed by atoms with van der Waals surface area (Å²) in [6.45, 7) is 0. The van der Waals surface area contributed by atoms with E-state index in [4.69, 9.17) is 0 Å². The Morgan fingerprint density at radius 3 is 2.55 bits per heavy atom. The summed E-state index contributed by atoms with van der Waals surface area (Å²) in [7, 11) is 0. The maximum absolute atomic E-state index is 12.1. The Hall–Kier alpha value is -2.87. The van der Waals surface area contributed by atoms with Crippen molar-refractivity contribution in [2.24, 2.45) is 4.99 Å². The van der Waals surface area contributed by atoms with Gasteiger partial charge in [0.05, 0.1) is 0 Å². The molecular weight excluding hydrogens is 418 g/mol. The lowest BCUT2D eigenvalue weighted by Crippen LogP contribution is -1.92. The summed E-state index contributed by atoms with van der Waals surface area (Å²) in [5.41, 5.74) is 1.65. The Morgan fingerprint density at radius 1 is 0.966 bits per heavy atom. The number of thiophene rings is 1. The Labute approximate surface area is 180 Å². The summed E-state index contributed by atoms with van der Waals surface area (Å²) < 4.78 is 0.839. The van der Waals surface area contributed by atoms with Crippen LogP contribution >= 0.6 is 34.4 Å².